The minimum absolute atomic E-state index is 0.161. The van der Waals surface area contributed by atoms with Crippen molar-refractivity contribution in [3.05, 3.63) is 11.6 Å². The third-order valence-electron chi connectivity index (χ3n) is 2.70. The molecule has 70 valence electrons. The van der Waals surface area contributed by atoms with E-state index in [1.165, 1.54) is 0 Å². The number of hydrogen-bond donors (Lipinski definition) is 1. The summed E-state index contributed by atoms with van der Waals surface area (Å²) in [6.45, 7) is 4.58. The molecule has 0 aromatic heterocycles. The molecule has 0 aromatic carbocycles. The third-order valence-corrected chi connectivity index (χ3v) is 2.70. The lowest BCUT2D eigenvalue weighted by molar-refractivity contribution is 0.0295. The molecule has 0 heterocycles. The first kappa shape index (κ1) is 9.75. The van der Waals surface area contributed by atoms with E-state index in [9.17, 15) is 0 Å². The Labute approximate surface area is 74.2 Å². The van der Waals surface area contributed by atoms with Crippen LogP contribution in [-0.4, -0.2) is 24.9 Å². The van der Waals surface area contributed by atoms with Crippen LogP contribution in [0.3, 0.4) is 0 Å². The molecular weight excluding hydrogens is 152 g/mol. The Morgan fingerprint density at radius 3 is 2.83 bits per heavy atom. The molecule has 0 saturated carbocycles. The molecule has 0 fully saturated rings. The van der Waals surface area contributed by atoms with Crippen LogP contribution in [0.25, 0.3) is 0 Å². The van der Waals surface area contributed by atoms with Gasteiger partial charge in [-0.3, -0.25) is 0 Å². The van der Waals surface area contributed by atoms with Crippen molar-refractivity contribution in [3.8, 4) is 0 Å². The van der Waals surface area contributed by atoms with Crippen molar-refractivity contribution < 1.29 is 9.84 Å². The predicted molar refractivity (Wildman–Crippen MR) is 49.0 cm³/mol. The highest BCUT2D eigenvalue weighted by Gasteiger charge is 2.31. The molecule has 0 bridgehead atoms. The summed E-state index contributed by atoms with van der Waals surface area (Å²) in [5, 5.41) is 8.95. The van der Waals surface area contributed by atoms with Gasteiger partial charge >= 0.3 is 0 Å². The average Bonchev–Trinajstić information content (AvgIpc) is 2.04. The van der Waals surface area contributed by atoms with E-state index in [0.29, 0.717) is 0 Å². The molecule has 0 spiro atoms. The Hall–Kier alpha value is -0.340. The molecule has 0 aliphatic heterocycles. The molecule has 1 aliphatic rings. The summed E-state index contributed by atoms with van der Waals surface area (Å²) in [4.78, 5) is 0. The van der Waals surface area contributed by atoms with Crippen molar-refractivity contribution >= 4 is 0 Å². The summed E-state index contributed by atoms with van der Waals surface area (Å²) in [5.41, 5.74) is 1.33. The van der Waals surface area contributed by atoms with E-state index < -0.39 is 0 Å². The van der Waals surface area contributed by atoms with Crippen LogP contribution in [0.1, 0.15) is 26.7 Å². The number of methoxy groups -OCH3 is 1. The number of aliphatic hydroxyl groups is 1. The smallest absolute Gasteiger partial charge is 0.0806 e. The van der Waals surface area contributed by atoms with Gasteiger partial charge in [0.1, 0.15) is 0 Å². The summed E-state index contributed by atoms with van der Waals surface area (Å²) < 4.78 is 5.35. The largest absolute Gasteiger partial charge is 0.392 e. The number of rotatable bonds is 2. The fraction of sp³-hybridized carbons (Fsp3) is 0.800. The maximum absolute atomic E-state index is 8.95. The Morgan fingerprint density at radius 2 is 2.33 bits per heavy atom. The average molecular weight is 170 g/mol. The summed E-state index contributed by atoms with van der Waals surface area (Å²) in [7, 11) is 1.73. The van der Waals surface area contributed by atoms with Crippen molar-refractivity contribution in [2.24, 2.45) is 5.41 Å². The van der Waals surface area contributed by atoms with Crippen LogP contribution < -0.4 is 0 Å². The minimum Gasteiger partial charge on any atom is -0.392 e. The summed E-state index contributed by atoms with van der Waals surface area (Å²) in [5.74, 6) is 0. The lowest BCUT2D eigenvalue weighted by atomic mass is 9.76. The normalized spacial score (nSPS) is 28.3. The fourth-order valence-corrected chi connectivity index (χ4v) is 1.67. The van der Waals surface area contributed by atoms with Crippen molar-refractivity contribution in [2.75, 3.05) is 13.7 Å². The molecule has 12 heavy (non-hydrogen) atoms. The van der Waals surface area contributed by atoms with Gasteiger partial charge in [-0.05, 0) is 23.8 Å². The van der Waals surface area contributed by atoms with Crippen LogP contribution in [-0.2, 0) is 4.74 Å². The zero-order chi connectivity index (χ0) is 9.19. The first-order chi connectivity index (χ1) is 5.60. The lowest BCUT2D eigenvalue weighted by Crippen LogP contribution is -2.33. The van der Waals surface area contributed by atoms with Crippen LogP contribution in [0.5, 0.6) is 0 Å². The quantitative estimate of drug-likeness (QED) is 0.640. The maximum atomic E-state index is 8.95. The number of ether oxygens (including phenoxy) is 1. The van der Waals surface area contributed by atoms with Gasteiger partial charge < -0.3 is 9.84 Å². The summed E-state index contributed by atoms with van der Waals surface area (Å²) in [6, 6.07) is 0. The van der Waals surface area contributed by atoms with E-state index in [1.807, 2.05) is 0 Å². The maximum Gasteiger partial charge on any atom is 0.0806 e. The summed E-state index contributed by atoms with van der Waals surface area (Å²) >= 11 is 0. The van der Waals surface area contributed by atoms with Gasteiger partial charge in [-0.2, -0.15) is 0 Å². The zero-order valence-corrected chi connectivity index (χ0v) is 8.13. The molecule has 0 aromatic rings. The van der Waals surface area contributed by atoms with Crippen LogP contribution in [0.4, 0.5) is 0 Å². The van der Waals surface area contributed by atoms with Gasteiger partial charge in [-0.15, -0.1) is 0 Å². The molecule has 2 heteroatoms. The van der Waals surface area contributed by atoms with Crippen molar-refractivity contribution in [1.29, 1.82) is 0 Å². The molecule has 0 saturated heterocycles. The lowest BCUT2D eigenvalue weighted by Gasteiger charge is -2.35. The zero-order valence-electron chi connectivity index (χ0n) is 8.13. The molecule has 0 amide bonds. The first-order valence-electron chi connectivity index (χ1n) is 4.43. The van der Waals surface area contributed by atoms with Crippen LogP contribution >= 0.6 is 0 Å². The van der Waals surface area contributed by atoms with E-state index in [1.54, 1.807) is 7.11 Å². The van der Waals surface area contributed by atoms with E-state index in [0.717, 1.165) is 18.4 Å². The molecule has 2 nitrogen and oxygen atoms in total. The van der Waals surface area contributed by atoms with Gasteiger partial charge in [0, 0.05) is 7.11 Å². The molecule has 1 aliphatic carbocycles. The van der Waals surface area contributed by atoms with Crippen molar-refractivity contribution in [3.63, 3.8) is 0 Å². The van der Waals surface area contributed by atoms with Crippen LogP contribution in [0, 0.1) is 5.41 Å². The van der Waals surface area contributed by atoms with Crippen LogP contribution in [0.15, 0.2) is 11.6 Å². The SMILES string of the molecule is COC1C=C(CO)CCC1(C)C. The Morgan fingerprint density at radius 1 is 1.67 bits per heavy atom. The second-order valence-corrected chi connectivity index (χ2v) is 4.13. The van der Waals surface area contributed by atoms with Gasteiger partial charge in [-0.1, -0.05) is 19.9 Å². The van der Waals surface area contributed by atoms with Gasteiger partial charge in [0.05, 0.1) is 12.7 Å². The van der Waals surface area contributed by atoms with Crippen molar-refractivity contribution in [1.82, 2.24) is 0 Å². The first-order valence-corrected chi connectivity index (χ1v) is 4.43. The molecule has 0 radical (unpaired) electrons. The van der Waals surface area contributed by atoms with Crippen LogP contribution in [0.2, 0.25) is 0 Å². The molecule has 1 unspecified atom stereocenters. The molecular formula is C10H18O2. The van der Waals surface area contributed by atoms with E-state index in [4.69, 9.17) is 9.84 Å². The standard InChI is InChI=1S/C10H18O2/c1-10(2)5-4-8(7-11)6-9(10)12-3/h6,9,11H,4-5,7H2,1-3H3. The topological polar surface area (TPSA) is 29.5 Å². The molecule has 1 rings (SSSR count). The molecule has 1 atom stereocenters. The second kappa shape index (κ2) is 3.58. The highest BCUT2D eigenvalue weighted by Crippen LogP contribution is 2.35. The third kappa shape index (κ3) is 1.87. The van der Waals surface area contributed by atoms with E-state index in [2.05, 4.69) is 19.9 Å². The Kier molecular flexibility index (Phi) is 2.91. The van der Waals surface area contributed by atoms with Gasteiger partial charge in [0.2, 0.25) is 0 Å². The second-order valence-electron chi connectivity index (χ2n) is 4.13. The highest BCUT2D eigenvalue weighted by atomic mass is 16.5. The van der Waals surface area contributed by atoms with Crippen molar-refractivity contribution in [2.45, 2.75) is 32.8 Å². The number of hydrogen-bond acceptors (Lipinski definition) is 2. The van der Waals surface area contributed by atoms with Gasteiger partial charge in [0.25, 0.3) is 0 Å². The predicted octanol–water partition coefficient (Wildman–Crippen LogP) is 1.74. The number of aliphatic hydroxyl groups excluding tert-OH is 1. The minimum atomic E-state index is 0.161. The summed E-state index contributed by atoms with van der Waals surface area (Å²) in [6.07, 6.45) is 4.32. The fourth-order valence-electron chi connectivity index (χ4n) is 1.67. The Balaban J connectivity index is 2.75. The van der Waals surface area contributed by atoms with E-state index >= 15 is 0 Å². The van der Waals surface area contributed by atoms with Gasteiger partial charge in [0.15, 0.2) is 0 Å². The van der Waals surface area contributed by atoms with E-state index in [-0.39, 0.29) is 18.1 Å². The highest BCUT2D eigenvalue weighted by molar-refractivity contribution is 5.13. The Bertz CT molecular complexity index is 182. The van der Waals surface area contributed by atoms with Gasteiger partial charge in [-0.25, -0.2) is 0 Å². The monoisotopic (exact) mass is 170 g/mol. The molecule has 1 N–H and O–H groups in total.